The second-order valence-corrected chi connectivity index (χ2v) is 7.51. The van der Waals surface area contributed by atoms with Crippen LogP contribution in [-0.4, -0.2) is 60.2 Å². The maximum Gasteiger partial charge on any atom is 0.228 e. The molecule has 1 unspecified atom stereocenters. The van der Waals surface area contributed by atoms with Crippen LogP contribution in [-0.2, 0) is 9.59 Å². The zero-order valence-electron chi connectivity index (χ0n) is 16.5. The quantitative estimate of drug-likeness (QED) is 0.744. The maximum atomic E-state index is 13.0. The topological polar surface area (TPSA) is 73.8 Å². The molecule has 2 fully saturated rings. The average Bonchev–Trinajstić information content (AvgIpc) is 3.15. The number of amides is 2. The second kappa shape index (κ2) is 8.03. The third-order valence-electron chi connectivity index (χ3n) is 5.60. The zero-order chi connectivity index (χ0) is 20.4. The largest absolute Gasteiger partial charge is 0.353 e. The van der Waals surface area contributed by atoms with Gasteiger partial charge in [0, 0.05) is 56.6 Å². The molecule has 29 heavy (non-hydrogen) atoms. The number of rotatable bonds is 4. The van der Waals surface area contributed by atoms with E-state index in [1.807, 2.05) is 29.2 Å². The Labute approximate surface area is 169 Å². The first-order valence-electron chi connectivity index (χ1n) is 9.89. The predicted molar refractivity (Wildman–Crippen MR) is 110 cm³/mol. The van der Waals surface area contributed by atoms with Crippen LogP contribution in [0.1, 0.15) is 23.7 Å². The molecular weight excluding hydrogens is 368 g/mol. The number of carbonyl (C=O) groups is 3. The molecule has 1 aromatic carbocycles. The molecule has 0 spiro atoms. The molecule has 1 atom stereocenters. The minimum absolute atomic E-state index is 0.0317. The lowest BCUT2D eigenvalue weighted by Crippen LogP contribution is -2.51. The minimum Gasteiger partial charge on any atom is -0.353 e. The number of piperazine rings is 1. The molecule has 0 radical (unpaired) electrons. The van der Waals surface area contributed by atoms with Crippen molar-refractivity contribution in [2.45, 2.75) is 13.3 Å². The Bertz CT molecular complexity index is 923. The van der Waals surface area contributed by atoms with E-state index >= 15 is 0 Å². The maximum absolute atomic E-state index is 13.0. The molecule has 2 aromatic rings. The third-order valence-corrected chi connectivity index (χ3v) is 5.60. The summed E-state index contributed by atoms with van der Waals surface area (Å²) in [6.07, 6.45) is 1.98. The van der Waals surface area contributed by atoms with Gasteiger partial charge in [-0.1, -0.05) is 18.2 Å². The van der Waals surface area contributed by atoms with E-state index in [9.17, 15) is 14.4 Å². The van der Waals surface area contributed by atoms with Gasteiger partial charge in [0.05, 0.1) is 5.92 Å². The first kappa shape index (κ1) is 19.1. The Kier molecular flexibility index (Phi) is 5.29. The molecule has 0 saturated carbocycles. The van der Waals surface area contributed by atoms with Crippen molar-refractivity contribution in [3.63, 3.8) is 0 Å². The summed E-state index contributed by atoms with van der Waals surface area (Å²) >= 11 is 0. The van der Waals surface area contributed by atoms with Gasteiger partial charge in [-0.2, -0.15) is 0 Å². The van der Waals surface area contributed by atoms with E-state index in [4.69, 9.17) is 0 Å². The lowest BCUT2D eigenvalue weighted by molar-refractivity contribution is -0.136. The van der Waals surface area contributed by atoms with Crippen LogP contribution in [0.3, 0.4) is 0 Å². The fourth-order valence-corrected chi connectivity index (χ4v) is 3.97. The zero-order valence-corrected chi connectivity index (χ0v) is 16.5. The highest BCUT2D eigenvalue weighted by Gasteiger charge is 2.38. The molecule has 7 nitrogen and oxygen atoms in total. The van der Waals surface area contributed by atoms with Crippen molar-refractivity contribution in [3.8, 4) is 0 Å². The van der Waals surface area contributed by atoms with Crippen LogP contribution < -0.4 is 9.80 Å². The van der Waals surface area contributed by atoms with Crippen LogP contribution in [0.4, 0.5) is 11.5 Å². The number of benzene rings is 1. The number of pyridine rings is 1. The Morgan fingerprint density at radius 1 is 1.03 bits per heavy atom. The second-order valence-electron chi connectivity index (χ2n) is 7.51. The highest BCUT2D eigenvalue weighted by molar-refractivity contribution is 6.02. The Balaban J connectivity index is 1.39. The first-order valence-corrected chi connectivity index (χ1v) is 9.89. The molecule has 2 saturated heterocycles. The van der Waals surface area contributed by atoms with E-state index < -0.39 is 0 Å². The van der Waals surface area contributed by atoms with Crippen LogP contribution in [0, 0.1) is 5.92 Å². The number of ketones is 1. The highest BCUT2D eigenvalue weighted by Crippen LogP contribution is 2.27. The van der Waals surface area contributed by atoms with Gasteiger partial charge in [-0.25, -0.2) is 4.98 Å². The van der Waals surface area contributed by atoms with Gasteiger partial charge in [-0.3, -0.25) is 14.4 Å². The Morgan fingerprint density at radius 3 is 2.52 bits per heavy atom. The molecule has 3 heterocycles. The summed E-state index contributed by atoms with van der Waals surface area (Å²) in [6.45, 7) is 4.57. The van der Waals surface area contributed by atoms with E-state index in [0.717, 1.165) is 18.9 Å². The highest BCUT2D eigenvalue weighted by atomic mass is 16.2. The first-order chi connectivity index (χ1) is 14.0. The number of aromatic nitrogens is 1. The van der Waals surface area contributed by atoms with Crippen molar-refractivity contribution in [1.29, 1.82) is 0 Å². The molecule has 2 aliphatic rings. The average molecular weight is 392 g/mol. The number of anilines is 2. The smallest absolute Gasteiger partial charge is 0.228 e. The molecule has 0 aliphatic carbocycles. The fourth-order valence-electron chi connectivity index (χ4n) is 3.97. The van der Waals surface area contributed by atoms with Crippen LogP contribution in [0.2, 0.25) is 0 Å². The van der Waals surface area contributed by atoms with Crippen LogP contribution in [0.5, 0.6) is 0 Å². The number of Topliss-reactive ketones (excluding diaryl/α,β-unsaturated/α-hetero) is 1. The summed E-state index contributed by atoms with van der Waals surface area (Å²) in [4.78, 5) is 47.2. The molecule has 0 bridgehead atoms. The van der Waals surface area contributed by atoms with Crippen molar-refractivity contribution in [3.05, 3.63) is 54.2 Å². The van der Waals surface area contributed by atoms with Crippen LogP contribution in [0.15, 0.2) is 48.7 Å². The van der Waals surface area contributed by atoms with Gasteiger partial charge < -0.3 is 14.7 Å². The number of carbonyl (C=O) groups excluding carboxylic acids is 3. The van der Waals surface area contributed by atoms with Crippen LogP contribution >= 0.6 is 0 Å². The molecule has 0 N–H and O–H groups in total. The normalized spacial score (nSPS) is 19.6. The van der Waals surface area contributed by atoms with Gasteiger partial charge in [-0.15, -0.1) is 0 Å². The Morgan fingerprint density at radius 2 is 1.83 bits per heavy atom. The SMILES string of the molecule is CC(=O)c1cccc(N2CC(C(=O)N3CCN(c4ccccn4)CC3)CC2=O)c1. The summed E-state index contributed by atoms with van der Waals surface area (Å²) in [5.74, 6) is 0.495. The van der Waals surface area contributed by atoms with Crippen LogP contribution in [0.25, 0.3) is 0 Å². The van der Waals surface area contributed by atoms with Gasteiger partial charge in [0.15, 0.2) is 5.78 Å². The van der Waals surface area contributed by atoms with E-state index in [-0.39, 0.29) is 29.9 Å². The lowest BCUT2D eigenvalue weighted by atomic mass is 10.1. The third kappa shape index (κ3) is 3.99. The molecular formula is C22H24N4O3. The van der Waals surface area contributed by atoms with E-state index in [1.54, 1.807) is 29.3 Å². The van der Waals surface area contributed by atoms with Gasteiger partial charge in [0.1, 0.15) is 5.82 Å². The fraction of sp³-hybridized carbons (Fsp3) is 0.364. The van der Waals surface area contributed by atoms with Gasteiger partial charge >= 0.3 is 0 Å². The summed E-state index contributed by atoms with van der Waals surface area (Å²) < 4.78 is 0. The van der Waals surface area contributed by atoms with Crippen molar-refractivity contribution >= 4 is 29.1 Å². The molecule has 150 valence electrons. The van der Waals surface area contributed by atoms with Crippen molar-refractivity contribution in [2.24, 2.45) is 5.92 Å². The van der Waals surface area contributed by atoms with Gasteiger partial charge in [-0.05, 0) is 31.2 Å². The standard InChI is InChI=1S/C22H24N4O3/c1-16(27)17-5-4-6-19(13-17)26-15-18(14-21(26)28)22(29)25-11-9-24(10-12-25)20-7-2-3-8-23-20/h2-8,13,18H,9-12,14-15H2,1H3. The van der Waals surface area contributed by atoms with Crippen molar-refractivity contribution < 1.29 is 14.4 Å². The van der Waals surface area contributed by atoms with E-state index in [2.05, 4.69) is 9.88 Å². The van der Waals surface area contributed by atoms with Gasteiger partial charge in [0.25, 0.3) is 0 Å². The summed E-state index contributed by atoms with van der Waals surface area (Å²) in [6, 6.07) is 12.8. The predicted octanol–water partition coefficient (Wildman–Crippen LogP) is 1.99. The monoisotopic (exact) mass is 392 g/mol. The van der Waals surface area contributed by atoms with E-state index in [1.165, 1.54) is 6.92 Å². The molecule has 1 aromatic heterocycles. The van der Waals surface area contributed by atoms with Gasteiger partial charge in [0.2, 0.25) is 11.8 Å². The lowest BCUT2D eigenvalue weighted by Gasteiger charge is -2.36. The molecule has 7 heteroatoms. The Hall–Kier alpha value is -3.22. The number of nitrogens with zero attached hydrogens (tertiary/aromatic N) is 4. The van der Waals surface area contributed by atoms with Crippen molar-refractivity contribution in [2.75, 3.05) is 42.5 Å². The summed E-state index contributed by atoms with van der Waals surface area (Å²) in [7, 11) is 0. The van der Waals surface area contributed by atoms with Crippen molar-refractivity contribution in [1.82, 2.24) is 9.88 Å². The summed E-state index contributed by atoms with van der Waals surface area (Å²) in [5.41, 5.74) is 1.24. The number of hydrogen-bond donors (Lipinski definition) is 0. The number of hydrogen-bond acceptors (Lipinski definition) is 5. The minimum atomic E-state index is -0.343. The summed E-state index contributed by atoms with van der Waals surface area (Å²) in [5, 5.41) is 0. The van der Waals surface area contributed by atoms with E-state index in [0.29, 0.717) is 30.9 Å². The molecule has 2 amide bonds. The molecule has 2 aliphatic heterocycles. The molecule has 4 rings (SSSR count).